The minimum absolute atomic E-state index is 0. The van der Waals surface area contributed by atoms with Crippen LogP contribution >= 0.6 is 0 Å². The van der Waals surface area contributed by atoms with Gasteiger partial charge in [-0.2, -0.15) is 0 Å². The molecule has 125 valence electrons. The van der Waals surface area contributed by atoms with E-state index in [9.17, 15) is 5.11 Å². The Morgan fingerprint density at radius 3 is 2.48 bits per heavy atom. The summed E-state index contributed by atoms with van der Waals surface area (Å²) in [4.78, 5) is 0. The fourth-order valence-corrected chi connectivity index (χ4v) is 10.9. The van der Waals surface area contributed by atoms with Crippen molar-refractivity contribution in [2.45, 2.75) is 49.5 Å². The summed E-state index contributed by atoms with van der Waals surface area (Å²) in [5.41, 5.74) is 4.39. The van der Waals surface area contributed by atoms with Gasteiger partial charge in [-0.1, -0.05) is 0 Å². The molecule has 0 spiro atoms. The van der Waals surface area contributed by atoms with E-state index >= 15 is 0 Å². The van der Waals surface area contributed by atoms with Gasteiger partial charge >= 0.3 is 140 Å². The Balaban J connectivity index is 0.00000132. The van der Waals surface area contributed by atoms with Gasteiger partial charge in [0.2, 0.25) is 0 Å². The number of aliphatic hydroxyl groups is 1. The molecule has 0 bridgehead atoms. The number of halogens is 2. The summed E-state index contributed by atoms with van der Waals surface area (Å²) in [6.07, 6.45) is 0.951. The van der Waals surface area contributed by atoms with E-state index in [1.807, 2.05) is 0 Å². The summed E-state index contributed by atoms with van der Waals surface area (Å²) < 4.78 is 0.590. The van der Waals surface area contributed by atoms with Crippen LogP contribution in [0.4, 0.5) is 5.69 Å². The Labute approximate surface area is 164 Å². The molecule has 1 aromatic rings. The summed E-state index contributed by atoms with van der Waals surface area (Å²) in [7, 11) is -1.36. The molecule has 1 aliphatic heterocycles. The summed E-state index contributed by atoms with van der Waals surface area (Å²) in [6.45, 7) is 9.47. The SMILES string of the molecule is CC(C)(C)Nc1cccc2c1C1=C([CH]2[Ti+2])[Si]1(C)CCCO.[Cl-].[Cl-]. The molecule has 2 atom stereocenters. The molecule has 0 saturated heterocycles. The Morgan fingerprint density at radius 1 is 1.26 bits per heavy atom. The molecule has 0 fully saturated rings. The van der Waals surface area contributed by atoms with E-state index in [0.29, 0.717) is 10.8 Å². The van der Waals surface area contributed by atoms with Crippen molar-refractivity contribution in [3.63, 3.8) is 0 Å². The molecule has 2 aliphatic rings. The Hall–Kier alpha value is 0.231. The van der Waals surface area contributed by atoms with Gasteiger partial charge in [-0.05, 0) is 0 Å². The number of aliphatic hydroxyl groups excluding tert-OH is 1. The van der Waals surface area contributed by atoms with Gasteiger partial charge in [0.1, 0.15) is 0 Å². The molecule has 1 heterocycles. The van der Waals surface area contributed by atoms with E-state index in [4.69, 9.17) is 0 Å². The number of rotatable bonds is 4. The summed E-state index contributed by atoms with van der Waals surface area (Å²) in [5.74, 6) is 0. The van der Waals surface area contributed by atoms with Crippen molar-refractivity contribution in [3.05, 3.63) is 34.5 Å². The minimum Gasteiger partial charge on any atom is -1.00 e. The fourth-order valence-electron chi connectivity index (χ4n) is 3.76. The number of hydrogen-bond donors (Lipinski definition) is 2. The third-order valence-corrected chi connectivity index (χ3v) is 10.5. The molecule has 1 aromatic carbocycles. The van der Waals surface area contributed by atoms with Gasteiger partial charge in [-0.3, -0.25) is 0 Å². The van der Waals surface area contributed by atoms with Crippen molar-refractivity contribution in [1.82, 2.24) is 0 Å². The Kier molecular flexibility index (Phi) is 6.69. The molecule has 0 radical (unpaired) electrons. The fraction of sp³-hybridized carbons (Fsp3) is 0.529. The van der Waals surface area contributed by atoms with Crippen LogP contribution < -0.4 is 30.1 Å². The maximum Gasteiger partial charge on any atom is -1.00 e. The predicted octanol–water partition coefficient (Wildman–Crippen LogP) is -2.19. The standard InChI is InChI=1S/C17H24NOSi.2ClH.Ti/c1-17(2,3)18-13-8-5-7-12-11-14-16(15(12)13)20(14,4)10-6-9-19;;;/h5,7-8,11,18-19H,6,9-10H2,1-4H3;2*1H;/q;;;+2/p-2. The first kappa shape index (κ1) is 21.3. The predicted molar refractivity (Wildman–Crippen MR) is 87.6 cm³/mol. The van der Waals surface area contributed by atoms with E-state index in [-0.39, 0.29) is 30.4 Å². The number of allylic oxidation sites excluding steroid dienone is 1. The van der Waals surface area contributed by atoms with Gasteiger partial charge in [0.05, 0.1) is 0 Å². The number of hydrogen-bond acceptors (Lipinski definition) is 2. The van der Waals surface area contributed by atoms with Crippen LogP contribution in [-0.2, 0) is 20.4 Å². The molecule has 1 aliphatic carbocycles. The molecule has 0 amide bonds. The minimum atomic E-state index is -1.36. The summed E-state index contributed by atoms with van der Waals surface area (Å²) >= 11 is 2.36. The maximum absolute atomic E-state index is 9.18. The zero-order valence-corrected chi connectivity index (χ0v) is 18.2. The zero-order chi connectivity index (χ0) is 15.4. The van der Waals surface area contributed by atoms with Gasteiger partial charge in [0.25, 0.3) is 0 Å². The number of fused-ring (bicyclic) bond motifs is 2. The molecular formula is C17H24Cl2NOSiTi. The van der Waals surface area contributed by atoms with Gasteiger partial charge in [-0.25, -0.2) is 0 Å². The molecule has 0 saturated carbocycles. The van der Waals surface area contributed by atoms with Crippen molar-refractivity contribution < 1.29 is 50.4 Å². The monoisotopic (exact) mass is 404 g/mol. The first-order chi connectivity index (χ1) is 9.79. The van der Waals surface area contributed by atoms with Crippen molar-refractivity contribution in [2.75, 3.05) is 11.9 Å². The largest absolute Gasteiger partial charge is 1.00 e. The molecular weight excluding hydrogens is 381 g/mol. The zero-order valence-electron chi connectivity index (χ0n) is 14.1. The number of benzene rings is 1. The summed E-state index contributed by atoms with van der Waals surface area (Å²) in [5, 5.41) is 16.3. The van der Waals surface area contributed by atoms with E-state index in [2.05, 4.69) is 71.3 Å². The molecule has 23 heavy (non-hydrogen) atoms. The Bertz CT molecular complexity index is 630. The molecule has 3 rings (SSSR count). The number of nitrogens with one attached hydrogen (secondary N) is 1. The molecule has 2 unspecified atom stereocenters. The van der Waals surface area contributed by atoms with E-state index < -0.39 is 8.07 Å². The van der Waals surface area contributed by atoms with Crippen molar-refractivity contribution in [1.29, 1.82) is 0 Å². The van der Waals surface area contributed by atoms with Gasteiger partial charge in [0.15, 0.2) is 0 Å². The number of anilines is 1. The maximum atomic E-state index is 9.18. The van der Waals surface area contributed by atoms with E-state index in [1.165, 1.54) is 22.9 Å². The van der Waals surface area contributed by atoms with Crippen LogP contribution in [0.1, 0.15) is 42.5 Å². The second kappa shape index (κ2) is 7.23. The summed E-state index contributed by atoms with van der Waals surface area (Å²) in [6, 6.07) is 7.91. The molecule has 0 aromatic heterocycles. The van der Waals surface area contributed by atoms with Gasteiger partial charge in [-0.15, -0.1) is 0 Å². The third-order valence-electron chi connectivity index (χ3n) is 4.64. The topological polar surface area (TPSA) is 32.3 Å². The smallest absolute Gasteiger partial charge is 1.00 e. The Morgan fingerprint density at radius 2 is 1.91 bits per heavy atom. The van der Waals surface area contributed by atoms with Crippen LogP contribution in [0.3, 0.4) is 0 Å². The van der Waals surface area contributed by atoms with Crippen LogP contribution in [0.25, 0.3) is 5.20 Å². The average molecular weight is 405 g/mol. The van der Waals surface area contributed by atoms with Gasteiger partial charge in [0, 0.05) is 0 Å². The van der Waals surface area contributed by atoms with Crippen molar-refractivity contribution in [2.24, 2.45) is 0 Å². The molecule has 2 nitrogen and oxygen atoms in total. The third kappa shape index (κ3) is 3.61. The van der Waals surface area contributed by atoms with E-state index in [0.717, 1.165) is 6.42 Å². The van der Waals surface area contributed by atoms with Crippen LogP contribution in [0.2, 0.25) is 12.6 Å². The first-order valence-electron chi connectivity index (χ1n) is 7.78. The second-order valence-electron chi connectivity index (χ2n) is 7.53. The van der Waals surface area contributed by atoms with Crippen molar-refractivity contribution in [3.8, 4) is 0 Å². The van der Waals surface area contributed by atoms with E-state index in [1.54, 1.807) is 10.4 Å². The normalized spacial score (nSPS) is 24.4. The average Bonchev–Trinajstić information content (AvgIpc) is 2.85. The second-order valence-corrected chi connectivity index (χ2v) is 12.6. The van der Waals surface area contributed by atoms with Crippen LogP contribution in [0.5, 0.6) is 0 Å². The van der Waals surface area contributed by atoms with Gasteiger partial charge < -0.3 is 24.8 Å². The molecule has 2 N–H and O–H groups in total. The first-order valence-corrected chi connectivity index (χ1v) is 11.4. The molecule has 6 heteroatoms. The van der Waals surface area contributed by atoms with Crippen molar-refractivity contribution >= 4 is 19.0 Å². The van der Waals surface area contributed by atoms with Crippen LogP contribution in [0, 0.1) is 0 Å². The quantitative estimate of drug-likeness (QED) is 0.559. The van der Waals surface area contributed by atoms with Crippen LogP contribution in [0.15, 0.2) is 23.4 Å². The van der Waals surface area contributed by atoms with Crippen LogP contribution in [-0.4, -0.2) is 25.3 Å².